The molecular formula is C18H18O3. The van der Waals surface area contributed by atoms with Gasteiger partial charge < -0.3 is 9.47 Å². The van der Waals surface area contributed by atoms with Gasteiger partial charge in [0.25, 0.3) is 0 Å². The third-order valence-electron chi connectivity index (χ3n) is 3.64. The molecule has 108 valence electrons. The van der Waals surface area contributed by atoms with Gasteiger partial charge in [-0.15, -0.1) is 0 Å². The van der Waals surface area contributed by atoms with E-state index in [0.717, 1.165) is 17.7 Å². The van der Waals surface area contributed by atoms with Crippen LogP contribution < -0.4 is 4.74 Å². The monoisotopic (exact) mass is 282 g/mol. The molecular weight excluding hydrogens is 264 g/mol. The summed E-state index contributed by atoms with van der Waals surface area (Å²) in [6.45, 7) is 5.15. The van der Waals surface area contributed by atoms with Crippen LogP contribution in [0.25, 0.3) is 0 Å². The van der Waals surface area contributed by atoms with Crippen LogP contribution in [0.15, 0.2) is 42.5 Å². The summed E-state index contributed by atoms with van der Waals surface area (Å²) in [5.74, 6) is 0.683. The second-order valence-corrected chi connectivity index (χ2v) is 5.36. The molecule has 1 aliphatic heterocycles. The number of aryl methyl sites for hydroxylation is 2. The Kier molecular flexibility index (Phi) is 3.76. The lowest BCUT2D eigenvalue weighted by atomic mass is 9.96. The van der Waals surface area contributed by atoms with E-state index in [1.165, 1.54) is 0 Å². The van der Waals surface area contributed by atoms with E-state index in [-0.39, 0.29) is 11.9 Å². The lowest BCUT2D eigenvalue weighted by Crippen LogP contribution is -2.12. The molecule has 1 atom stereocenters. The Morgan fingerprint density at radius 2 is 1.81 bits per heavy atom. The van der Waals surface area contributed by atoms with Gasteiger partial charge in [-0.05, 0) is 25.0 Å². The quantitative estimate of drug-likeness (QED) is 0.624. The largest absolute Gasteiger partial charge is 0.490 e. The number of hydrogen-bond donors (Lipinski definition) is 0. The molecule has 0 saturated carbocycles. The Labute approximate surface area is 124 Å². The fraction of sp³-hybridized carbons (Fsp3) is 0.278. The number of hydrogen-bond acceptors (Lipinski definition) is 3. The molecule has 3 heteroatoms. The highest BCUT2D eigenvalue weighted by Crippen LogP contribution is 2.30. The minimum Gasteiger partial charge on any atom is -0.490 e. The first-order chi connectivity index (χ1) is 10.2. The first kappa shape index (κ1) is 13.8. The predicted molar refractivity (Wildman–Crippen MR) is 81.0 cm³/mol. The Morgan fingerprint density at radius 1 is 1.14 bits per heavy atom. The van der Waals surface area contributed by atoms with E-state index in [1.807, 2.05) is 56.3 Å². The smallest absolute Gasteiger partial charge is 0.197 e. The van der Waals surface area contributed by atoms with Gasteiger partial charge >= 0.3 is 0 Å². The number of ketones is 1. The Morgan fingerprint density at radius 3 is 2.48 bits per heavy atom. The van der Waals surface area contributed by atoms with Crippen LogP contribution >= 0.6 is 0 Å². The number of carbonyl (C=O) groups is 1. The highest BCUT2D eigenvalue weighted by atomic mass is 16.6. The van der Waals surface area contributed by atoms with Crippen molar-refractivity contribution in [2.75, 3.05) is 13.2 Å². The maximum atomic E-state index is 12.8. The van der Waals surface area contributed by atoms with Crippen LogP contribution in [0.2, 0.25) is 0 Å². The number of ether oxygens (including phenoxy) is 2. The third-order valence-corrected chi connectivity index (χ3v) is 3.64. The van der Waals surface area contributed by atoms with Crippen LogP contribution in [0.1, 0.15) is 27.0 Å². The van der Waals surface area contributed by atoms with Crippen molar-refractivity contribution in [1.29, 1.82) is 0 Å². The average Bonchev–Trinajstić information content (AvgIpc) is 3.32. The standard InChI is InChI=1S/C18H18O3/c1-12-8-9-13(2)18(21-11-15-10-20-15)16(12)17(19)14-6-4-3-5-7-14/h3-9,15H,10-11H2,1-2H3. The van der Waals surface area contributed by atoms with E-state index in [4.69, 9.17) is 9.47 Å². The summed E-state index contributed by atoms with van der Waals surface area (Å²) in [4.78, 5) is 12.8. The first-order valence-electron chi connectivity index (χ1n) is 7.11. The highest BCUT2D eigenvalue weighted by molar-refractivity contribution is 6.11. The lowest BCUT2D eigenvalue weighted by Gasteiger charge is -2.15. The van der Waals surface area contributed by atoms with Crippen molar-refractivity contribution in [3.05, 3.63) is 64.7 Å². The number of rotatable bonds is 5. The maximum Gasteiger partial charge on any atom is 0.197 e. The van der Waals surface area contributed by atoms with Crippen molar-refractivity contribution >= 4 is 5.78 Å². The molecule has 0 N–H and O–H groups in total. The van der Waals surface area contributed by atoms with Crippen LogP contribution in [0, 0.1) is 13.8 Å². The number of carbonyl (C=O) groups excluding carboxylic acids is 1. The summed E-state index contributed by atoms with van der Waals surface area (Å²) in [7, 11) is 0. The summed E-state index contributed by atoms with van der Waals surface area (Å²) in [5.41, 5.74) is 3.24. The Hall–Kier alpha value is -2.13. The van der Waals surface area contributed by atoms with Crippen LogP contribution in [0.3, 0.4) is 0 Å². The van der Waals surface area contributed by atoms with Crippen LogP contribution in [-0.2, 0) is 4.74 Å². The fourth-order valence-corrected chi connectivity index (χ4v) is 2.33. The second kappa shape index (κ2) is 5.70. The minimum absolute atomic E-state index is 0.00325. The molecule has 0 bridgehead atoms. The molecule has 1 aliphatic rings. The van der Waals surface area contributed by atoms with Gasteiger partial charge in [0.15, 0.2) is 5.78 Å². The van der Waals surface area contributed by atoms with Gasteiger partial charge in [-0.1, -0.05) is 42.5 Å². The predicted octanol–water partition coefficient (Wildman–Crippen LogP) is 3.31. The van der Waals surface area contributed by atoms with Crippen molar-refractivity contribution in [2.24, 2.45) is 0 Å². The summed E-state index contributed by atoms with van der Waals surface area (Å²) in [5, 5.41) is 0. The van der Waals surface area contributed by atoms with Gasteiger partial charge in [0, 0.05) is 5.56 Å². The Balaban J connectivity index is 1.99. The molecule has 3 nitrogen and oxygen atoms in total. The zero-order chi connectivity index (χ0) is 14.8. The van der Waals surface area contributed by atoms with Crippen molar-refractivity contribution in [3.8, 4) is 5.75 Å². The SMILES string of the molecule is Cc1ccc(C)c(C(=O)c2ccccc2)c1OCC1CO1. The zero-order valence-electron chi connectivity index (χ0n) is 12.3. The molecule has 21 heavy (non-hydrogen) atoms. The number of epoxide rings is 1. The molecule has 1 fully saturated rings. The topological polar surface area (TPSA) is 38.8 Å². The van der Waals surface area contributed by atoms with E-state index >= 15 is 0 Å². The van der Waals surface area contributed by atoms with E-state index in [0.29, 0.717) is 23.5 Å². The molecule has 1 heterocycles. The summed E-state index contributed by atoms with van der Waals surface area (Å²) in [6.07, 6.45) is 0.171. The Bertz CT molecular complexity index is 658. The average molecular weight is 282 g/mol. The molecule has 1 unspecified atom stereocenters. The van der Waals surface area contributed by atoms with Gasteiger partial charge in [-0.25, -0.2) is 0 Å². The van der Waals surface area contributed by atoms with E-state index in [9.17, 15) is 4.79 Å². The van der Waals surface area contributed by atoms with Crippen molar-refractivity contribution in [1.82, 2.24) is 0 Å². The maximum absolute atomic E-state index is 12.8. The van der Waals surface area contributed by atoms with Gasteiger partial charge in [0.05, 0.1) is 12.2 Å². The molecule has 0 aliphatic carbocycles. The van der Waals surface area contributed by atoms with Gasteiger partial charge in [0.2, 0.25) is 0 Å². The molecule has 0 amide bonds. The zero-order valence-corrected chi connectivity index (χ0v) is 12.3. The van der Waals surface area contributed by atoms with Crippen LogP contribution in [-0.4, -0.2) is 25.1 Å². The molecule has 2 aromatic rings. The molecule has 2 aromatic carbocycles. The lowest BCUT2D eigenvalue weighted by molar-refractivity contribution is 0.103. The molecule has 0 spiro atoms. The van der Waals surface area contributed by atoms with Crippen LogP contribution in [0.5, 0.6) is 5.75 Å². The van der Waals surface area contributed by atoms with Crippen molar-refractivity contribution in [3.63, 3.8) is 0 Å². The second-order valence-electron chi connectivity index (χ2n) is 5.36. The van der Waals surface area contributed by atoms with Crippen molar-refractivity contribution in [2.45, 2.75) is 20.0 Å². The van der Waals surface area contributed by atoms with Gasteiger partial charge in [0.1, 0.15) is 18.5 Å². The number of benzene rings is 2. The summed E-state index contributed by atoms with van der Waals surface area (Å²) in [6, 6.07) is 13.3. The molecule has 1 saturated heterocycles. The van der Waals surface area contributed by atoms with E-state index < -0.39 is 0 Å². The van der Waals surface area contributed by atoms with E-state index in [1.54, 1.807) is 0 Å². The minimum atomic E-state index is 0.00325. The van der Waals surface area contributed by atoms with Gasteiger partial charge in [-0.3, -0.25) is 4.79 Å². The third kappa shape index (κ3) is 2.98. The fourth-order valence-electron chi connectivity index (χ4n) is 2.33. The summed E-state index contributed by atoms with van der Waals surface area (Å²) >= 11 is 0. The van der Waals surface area contributed by atoms with Crippen LogP contribution in [0.4, 0.5) is 0 Å². The van der Waals surface area contributed by atoms with Crippen molar-refractivity contribution < 1.29 is 14.3 Å². The van der Waals surface area contributed by atoms with Gasteiger partial charge in [-0.2, -0.15) is 0 Å². The first-order valence-corrected chi connectivity index (χ1v) is 7.11. The molecule has 0 radical (unpaired) electrons. The van der Waals surface area contributed by atoms with E-state index in [2.05, 4.69) is 0 Å². The highest BCUT2D eigenvalue weighted by Gasteiger charge is 2.25. The molecule has 3 rings (SSSR count). The normalized spacial score (nSPS) is 16.6. The molecule has 0 aromatic heterocycles. The summed E-state index contributed by atoms with van der Waals surface area (Å²) < 4.78 is 11.0.